The van der Waals surface area contributed by atoms with E-state index in [1.54, 1.807) is 6.07 Å². The number of hydrogen-bond acceptors (Lipinski definition) is 5. The first-order valence-electron chi connectivity index (χ1n) is 6.69. The van der Waals surface area contributed by atoms with Crippen molar-refractivity contribution in [1.29, 1.82) is 0 Å². The number of aryl methyl sites for hydroxylation is 1. The minimum atomic E-state index is -0.0313. The van der Waals surface area contributed by atoms with Crippen LogP contribution in [0.15, 0.2) is 11.2 Å². The predicted octanol–water partition coefficient (Wildman–Crippen LogP) is 1.98. The summed E-state index contributed by atoms with van der Waals surface area (Å²) < 4.78 is 5.84. The molecule has 0 aromatic carbocycles. The Morgan fingerprint density at radius 2 is 2.00 bits per heavy atom. The van der Waals surface area contributed by atoms with Crippen LogP contribution >= 0.6 is 0 Å². The first-order valence-corrected chi connectivity index (χ1v) is 6.69. The Morgan fingerprint density at radius 1 is 1.32 bits per heavy atom. The quantitative estimate of drug-likeness (QED) is 0.286. The minimum absolute atomic E-state index is 0.0313. The van der Waals surface area contributed by atoms with E-state index < -0.39 is 0 Å². The van der Waals surface area contributed by atoms with Gasteiger partial charge in [-0.15, -0.1) is 0 Å². The highest BCUT2D eigenvalue weighted by molar-refractivity contribution is 5.95. The molecule has 1 aliphatic rings. The summed E-state index contributed by atoms with van der Waals surface area (Å²) in [6.45, 7) is 1.83. The molecule has 0 aliphatic heterocycles. The third-order valence-corrected chi connectivity index (χ3v) is 3.28. The molecule has 0 saturated heterocycles. The fourth-order valence-electron chi connectivity index (χ4n) is 2.29. The van der Waals surface area contributed by atoms with Crippen molar-refractivity contribution in [2.75, 3.05) is 0 Å². The normalized spacial score (nSPS) is 18.1. The molecule has 104 valence electrons. The molecule has 1 aromatic heterocycles. The highest BCUT2D eigenvalue weighted by Gasteiger charge is 2.16. The van der Waals surface area contributed by atoms with E-state index >= 15 is 0 Å². The van der Waals surface area contributed by atoms with Gasteiger partial charge in [0.05, 0.1) is 0 Å². The van der Waals surface area contributed by atoms with Crippen molar-refractivity contribution >= 4 is 5.84 Å². The molecule has 1 aromatic rings. The van der Waals surface area contributed by atoms with Gasteiger partial charge in [-0.3, -0.25) is 0 Å². The molecule has 0 atom stereocenters. The summed E-state index contributed by atoms with van der Waals surface area (Å²) in [5.41, 5.74) is 6.67. The number of ether oxygens (including phenoxy) is 1. The van der Waals surface area contributed by atoms with Gasteiger partial charge in [0.15, 0.2) is 5.84 Å². The Bertz CT molecular complexity index is 454. The van der Waals surface area contributed by atoms with Gasteiger partial charge in [0.25, 0.3) is 0 Å². The summed E-state index contributed by atoms with van der Waals surface area (Å²) in [5.74, 6) is -0.0313. The van der Waals surface area contributed by atoms with Gasteiger partial charge in [0.1, 0.15) is 11.8 Å². The van der Waals surface area contributed by atoms with Crippen LogP contribution in [0.5, 0.6) is 6.01 Å². The van der Waals surface area contributed by atoms with Gasteiger partial charge < -0.3 is 15.7 Å². The summed E-state index contributed by atoms with van der Waals surface area (Å²) in [6.07, 6.45) is 7.15. The van der Waals surface area contributed by atoms with E-state index in [2.05, 4.69) is 15.1 Å². The molecule has 1 aliphatic carbocycles. The molecule has 0 bridgehead atoms. The van der Waals surface area contributed by atoms with Crippen LogP contribution in [0.4, 0.5) is 0 Å². The zero-order valence-corrected chi connectivity index (χ0v) is 11.2. The smallest absolute Gasteiger partial charge is 0.317 e. The van der Waals surface area contributed by atoms with E-state index in [-0.39, 0.29) is 11.9 Å². The maximum Gasteiger partial charge on any atom is 0.317 e. The van der Waals surface area contributed by atoms with E-state index in [0.29, 0.717) is 11.7 Å². The monoisotopic (exact) mass is 264 g/mol. The highest BCUT2D eigenvalue weighted by atomic mass is 16.5. The number of nitrogens with two attached hydrogens (primary N) is 1. The predicted molar refractivity (Wildman–Crippen MR) is 71.4 cm³/mol. The molecule has 0 amide bonds. The van der Waals surface area contributed by atoms with Gasteiger partial charge in [0.2, 0.25) is 0 Å². The van der Waals surface area contributed by atoms with Crippen molar-refractivity contribution in [3.05, 3.63) is 17.5 Å². The Morgan fingerprint density at radius 3 is 2.63 bits per heavy atom. The van der Waals surface area contributed by atoms with Crippen LogP contribution in [-0.4, -0.2) is 27.1 Å². The number of aromatic nitrogens is 2. The number of oxime groups is 1. The summed E-state index contributed by atoms with van der Waals surface area (Å²) in [6, 6.07) is 1.98. The lowest BCUT2D eigenvalue weighted by Crippen LogP contribution is -2.20. The molecule has 0 unspecified atom stereocenters. The van der Waals surface area contributed by atoms with E-state index in [0.717, 1.165) is 18.5 Å². The lowest BCUT2D eigenvalue weighted by atomic mass is 10.2. The van der Waals surface area contributed by atoms with Crippen molar-refractivity contribution in [2.45, 2.75) is 51.6 Å². The Kier molecular flexibility index (Phi) is 4.54. The van der Waals surface area contributed by atoms with Crippen molar-refractivity contribution < 1.29 is 9.94 Å². The second-order valence-electron chi connectivity index (χ2n) is 4.89. The summed E-state index contributed by atoms with van der Waals surface area (Å²) >= 11 is 0. The molecular formula is C13H20N4O2. The maximum absolute atomic E-state index is 8.69. The summed E-state index contributed by atoms with van der Waals surface area (Å²) in [4.78, 5) is 8.43. The third-order valence-electron chi connectivity index (χ3n) is 3.28. The number of rotatable bonds is 3. The minimum Gasteiger partial charge on any atom is -0.460 e. The molecule has 1 heterocycles. The van der Waals surface area contributed by atoms with Crippen LogP contribution in [0.25, 0.3) is 0 Å². The van der Waals surface area contributed by atoms with Crippen molar-refractivity contribution in [2.24, 2.45) is 10.9 Å². The zero-order valence-electron chi connectivity index (χ0n) is 11.2. The van der Waals surface area contributed by atoms with E-state index in [4.69, 9.17) is 15.7 Å². The molecule has 1 saturated carbocycles. The van der Waals surface area contributed by atoms with Gasteiger partial charge in [-0.2, -0.15) is 4.98 Å². The molecule has 19 heavy (non-hydrogen) atoms. The molecule has 3 N–H and O–H groups in total. The Labute approximate surface area is 112 Å². The fraction of sp³-hybridized carbons (Fsp3) is 0.615. The van der Waals surface area contributed by atoms with Crippen LogP contribution in [0, 0.1) is 6.92 Å². The van der Waals surface area contributed by atoms with Crippen molar-refractivity contribution in [3.8, 4) is 6.01 Å². The topological polar surface area (TPSA) is 93.6 Å². The highest BCUT2D eigenvalue weighted by Crippen LogP contribution is 2.21. The summed E-state index contributed by atoms with van der Waals surface area (Å²) in [7, 11) is 0. The first-order chi connectivity index (χ1) is 9.19. The standard InChI is InChI=1S/C13H20N4O2/c1-9-8-11(12(14)17-18)16-13(15-9)19-10-6-4-2-3-5-7-10/h8,10,18H,2-7H2,1H3,(H2,14,17). The molecule has 1 fully saturated rings. The van der Waals surface area contributed by atoms with Crippen LogP contribution < -0.4 is 10.5 Å². The van der Waals surface area contributed by atoms with E-state index in [1.807, 2.05) is 6.92 Å². The lowest BCUT2D eigenvalue weighted by Gasteiger charge is -2.15. The Balaban J connectivity index is 2.13. The summed E-state index contributed by atoms with van der Waals surface area (Å²) in [5, 5.41) is 11.6. The molecule has 0 radical (unpaired) electrons. The average molecular weight is 264 g/mol. The number of amidine groups is 1. The SMILES string of the molecule is Cc1cc(/C(N)=N/O)nc(OC2CCCCCC2)n1. The number of hydrogen-bond donors (Lipinski definition) is 2. The largest absolute Gasteiger partial charge is 0.460 e. The second-order valence-corrected chi connectivity index (χ2v) is 4.89. The van der Waals surface area contributed by atoms with Crippen molar-refractivity contribution in [1.82, 2.24) is 9.97 Å². The van der Waals surface area contributed by atoms with Crippen LogP contribution in [-0.2, 0) is 0 Å². The van der Waals surface area contributed by atoms with Crippen LogP contribution in [0.1, 0.15) is 49.9 Å². The molecule has 0 spiro atoms. The third kappa shape index (κ3) is 3.81. The second kappa shape index (κ2) is 6.36. The average Bonchev–Trinajstić information content (AvgIpc) is 2.65. The van der Waals surface area contributed by atoms with Gasteiger partial charge in [0, 0.05) is 5.69 Å². The molecule has 6 nitrogen and oxygen atoms in total. The van der Waals surface area contributed by atoms with Crippen molar-refractivity contribution in [3.63, 3.8) is 0 Å². The first kappa shape index (κ1) is 13.6. The maximum atomic E-state index is 8.69. The van der Waals surface area contributed by atoms with Gasteiger partial charge in [-0.25, -0.2) is 4.98 Å². The van der Waals surface area contributed by atoms with Crippen LogP contribution in [0.2, 0.25) is 0 Å². The lowest BCUT2D eigenvalue weighted by molar-refractivity contribution is 0.167. The fourth-order valence-corrected chi connectivity index (χ4v) is 2.29. The van der Waals surface area contributed by atoms with E-state index in [1.165, 1.54) is 25.7 Å². The van der Waals surface area contributed by atoms with Gasteiger partial charge in [-0.05, 0) is 38.7 Å². The molecular weight excluding hydrogens is 244 g/mol. The van der Waals surface area contributed by atoms with Gasteiger partial charge in [-0.1, -0.05) is 18.0 Å². The van der Waals surface area contributed by atoms with Gasteiger partial charge >= 0.3 is 6.01 Å². The zero-order chi connectivity index (χ0) is 13.7. The van der Waals surface area contributed by atoms with Crippen LogP contribution in [0.3, 0.4) is 0 Å². The molecule has 6 heteroatoms. The number of nitrogens with zero attached hydrogens (tertiary/aromatic N) is 3. The Hall–Kier alpha value is -1.85. The van der Waals surface area contributed by atoms with E-state index in [9.17, 15) is 0 Å². The molecule has 2 rings (SSSR count).